The Hall–Kier alpha value is -1.10. The van der Waals surface area contributed by atoms with Gasteiger partial charge in [-0.1, -0.05) is 35.3 Å². The molecule has 0 amide bonds. The normalized spacial score (nSPS) is 38.4. The summed E-state index contributed by atoms with van der Waals surface area (Å²) in [6.45, 7) is 0. The van der Waals surface area contributed by atoms with Crippen molar-refractivity contribution in [2.45, 2.75) is 34.8 Å². The zero-order chi connectivity index (χ0) is 17.9. The molecular formula is C14H15Cl2NO7. The average molecular weight is 380 g/mol. The monoisotopic (exact) mass is 379 g/mol. The lowest BCUT2D eigenvalue weighted by Gasteiger charge is -2.52. The summed E-state index contributed by atoms with van der Waals surface area (Å²) < 4.78 is 5.71. The van der Waals surface area contributed by atoms with Crippen LogP contribution >= 0.6 is 23.2 Å². The molecule has 10 heteroatoms. The van der Waals surface area contributed by atoms with Gasteiger partial charge in [-0.2, -0.15) is 0 Å². The minimum atomic E-state index is -2.85. The lowest BCUT2D eigenvalue weighted by molar-refractivity contribution is -0.363. The van der Waals surface area contributed by atoms with Gasteiger partial charge >= 0.3 is 0 Å². The lowest BCUT2D eigenvalue weighted by Crippen LogP contribution is -2.73. The second-order valence-electron chi connectivity index (χ2n) is 5.57. The minimum Gasteiger partial charge on any atom is -0.506 e. The highest BCUT2D eigenvalue weighted by atomic mass is 35.5. The maximum absolute atomic E-state index is 11.1. The number of rotatable bonds is 2. The molecule has 6 N–H and O–H groups in total. The first kappa shape index (κ1) is 17.7. The summed E-state index contributed by atoms with van der Waals surface area (Å²) in [7, 11) is 0. The molecule has 132 valence electrons. The van der Waals surface area contributed by atoms with Crippen molar-refractivity contribution < 1.29 is 35.4 Å². The van der Waals surface area contributed by atoms with Gasteiger partial charge in [-0.3, -0.25) is 0 Å². The fourth-order valence-corrected chi connectivity index (χ4v) is 3.61. The van der Waals surface area contributed by atoms with Gasteiger partial charge in [-0.25, -0.2) is 0 Å². The summed E-state index contributed by atoms with van der Waals surface area (Å²) in [4.78, 5) is 0. The van der Waals surface area contributed by atoms with Crippen LogP contribution in [0.2, 0.25) is 0 Å². The molecule has 1 unspecified atom stereocenters. The number of hydrogen-bond acceptors (Lipinski definition) is 7. The number of aliphatic hydroxyl groups excluding tert-OH is 3. The van der Waals surface area contributed by atoms with Gasteiger partial charge in [0.05, 0.1) is 5.52 Å². The number of fused-ring (bicyclic) bond motifs is 1. The Morgan fingerprint density at radius 3 is 2.46 bits per heavy atom. The molecule has 8 nitrogen and oxygen atoms in total. The van der Waals surface area contributed by atoms with Gasteiger partial charge in [0.15, 0.2) is 18.0 Å². The van der Waals surface area contributed by atoms with Crippen LogP contribution in [-0.2, 0) is 10.5 Å². The van der Waals surface area contributed by atoms with Crippen LogP contribution in [0.5, 0.6) is 5.75 Å². The zero-order valence-electron chi connectivity index (χ0n) is 12.0. The van der Waals surface area contributed by atoms with E-state index in [2.05, 4.69) is 0 Å². The Labute approximate surface area is 145 Å². The standard InChI is InChI=1S/C14H15Cl2NO7/c15-11(20)10-13(16,22)14(23,9(19)12(21)24-10)17-5-8(18)6-3-1-2-4-7(6)17/h1-5,9-12,18-23H/t9-,10-,11?,12+,13-,14-/m1/s1. The molecule has 1 fully saturated rings. The van der Waals surface area contributed by atoms with Crippen LogP contribution < -0.4 is 0 Å². The van der Waals surface area contributed by atoms with Gasteiger partial charge in [0, 0.05) is 11.6 Å². The summed E-state index contributed by atoms with van der Waals surface area (Å²) in [6.07, 6.45) is -4.97. The maximum atomic E-state index is 11.1. The second kappa shape index (κ2) is 5.72. The van der Waals surface area contributed by atoms with Crippen LogP contribution in [0.25, 0.3) is 10.9 Å². The van der Waals surface area contributed by atoms with Crippen molar-refractivity contribution in [1.82, 2.24) is 4.57 Å². The third kappa shape index (κ3) is 2.23. The largest absolute Gasteiger partial charge is 0.506 e. The van der Waals surface area contributed by atoms with Gasteiger partial charge < -0.3 is 39.9 Å². The van der Waals surface area contributed by atoms with Gasteiger partial charge in [-0.05, 0) is 12.1 Å². The number of aromatic hydroxyl groups is 1. The van der Waals surface area contributed by atoms with E-state index >= 15 is 0 Å². The molecule has 0 aliphatic carbocycles. The van der Waals surface area contributed by atoms with E-state index in [0.717, 1.165) is 10.8 Å². The summed E-state index contributed by atoms with van der Waals surface area (Å²) >= 11 is 11.5. The maximum Gasteiger partial charge on any atom is 0.220 e. The van der Waals surface area contributed by atoms with Crippen molar-refractivity contribution in [3.05, 3.63) is 30.5 Å². The third-order valence-electron chi connectivity index (χ3n) is 4.17. The van der Waals surface area contributed by atoms with Crippen LogP contribution in [0, 0.1) is 0 Å². The van der Waals surface area contributed by atoms with E-state index in [4.69, 9.17) is 27.9 Å². The molecule has 2 aromatic rings. The predicted octanol–water partition coefficient (Wildman–Crippen LogP) is -0.445. The number of aliphatic hydroxyl groups is 5. The molecule has 3 rings (SSSR count). The number of ether oxygens (including phenoxy) is 1. The van der Waals surface area contributed by atoms with Gasteiger partial charge in [-0.15, -0.1) is 0 Å². The minimum absolute atomic E-state index is 0.201. The van der Waals surface area contributed by atoms with Crippen molar-refractivity contribution in [1.29, 1.82) is 0 Å². The van der Waals surface area contributed by atoms with Crippen LogP contribution in [0.1, 0.15) is 0 Å². The van der Waals surface area contributed by atoms with Crippen molar-refractivity contribution in [3.63, 3.8) is 0 Å². The molecule has 1 saturated heterocycles. The van der Waals surface area contributed by atoms with Gasteiger partial charge in [0.25, 0.3) is 0 Å². The van der Waals surface area contributed by atoms with Crippen LogP contribution in [0.4, 0.5) is 0 Å². The quantitative estimate of drug-likeness (QED) is 0.389. The Bertz CT molecular complexity index is 765. The van der Waals surface area contributed by atoms with Crippen molar-refractivity contribution in [3.8, 4) is 5.75 Å². The highest BCUT2D eigenvalue weighted by Crippen LogP contribution is 2.47. The van der Waals surface area contributed by atoms with Crippen LogP contribution in [0.3, 0.4) is 0 Å². The topological polar surface area (TPSA) is 136 Å². The number of hydrogen-bond donors (Lipinski definition) is 6. The van der Waals surface area contributed by atoms with E-state index in [1.54, 1.807) is 12.1 Å². The highest BCUT2D eigenvalue weighted by molar-refractivity contribution is 6.26. The molecule has 0 radical (unpaired) electrons. The van der Waals surface area contributed by atoms with Gasteiger partial charge in [0.1, 0.15) is 11.9 Å². The smallest absolute Gasteiger partial charge is 0.220 e. The van der Waals surface area contributed by atoms with Crippen LogP contribution in [0.15, 0.2) is 30.5 Å². The second-order valence-corrected chi connectivity index (χ2v) is 6.59. The molecule has 1 aromatic carbocycles. The zero-order valence-corrected chi connectivity index (χ0v) is 13.5. The van der Waals surface area contributed by atoms with E-state index in [1.165, 1.54) is 12.1 Å². The first-order valence-corrected chi connectivity index (χ1v) is 7.70. The molecule has 6 atom stereocenters. The number of benzene rings is 1. The predicted molar refractivity (Wildman–Crippen MR) is 83.3 cm³/mol. The summed E-state index contributed by atoms with van der Waals surface area (Å²) in [5, 5.41) is 58.8. The van der Waals surface area contributed by atoms with Crippen molar-refractivity contribution in [2.24, 2.45) is 0 Å². The summed E-state index contributed by atoms with van der Waals surface area (Å²) in [5.41, 5.74) is -4.49. The number of para-hydroxylation sites is 1. The fraction of sp³-hybridized carbons (Fsp3) is 0.429. The summed E-state index contributed by atoms with van der Waals surface area (Å²) in [5.74, 6) is -0.261. The molecule has 0 saturated carbocycles. The van der Waals surface area contributed by atoms with Gasteiger partial charge in [0.2, 0.25) is 10.8 Å². The summed E-state index contributed by atoms with van der Waals surface area (Å²) in [6, 6.07) is 6.24. The fourth-order valence-electron chi connectivity index (χ4n) is 2.93. The third-order valence-corrected chi connectivity index (χ3v) is 4.89. The Morgan fingerprint density at radius 2 is 1.83 bits per heavy atom. The van der Waals surface area contributed by atoms with Crippen molar-refractivity contribution >= 4 is 34.1 Å². The Morgan fingerprint density at radius 1 is 1.21 bits per heavy atom. The first-order chi connectivity index (χ1) is 11.1. The molecule has 0 spiro atoms. The van der Waals surface area contributed by atoms with E-state index in [0.29, 0.717) is 5.39 Å². The average Bonchev–Trinajstić information content (AvgIpc) is 2.87. The lowest BCUT2D eigenvalue weighted by atomic mass is 9.90. The number of alkyl halides is 2. The van der Waals surface area contributed by atoms with E-state index < -0.39 is 34.8 Å². The first-order valence-electron chi connectivity index (χ1n) is 6.89. The number of aromatic nitrogens is 1. The number of nitrogens with zero attached hydrogens (tertiary/aromatic N) is 1. The van der Waals surface area contributed by atoms with E-state index in [1.807, 2.05) is 0 Å². The van der Waals surface area contributed by atoms with E-state index in [-0.39, 0.29) is 11.3 Å². The molecule has 0 bridgehead atoms. The SMILES string of the molecule is Oc1cn([C@@]2(O)[C@H](O)[C@@H](O)O[C@H](C(O)Cl)[C@]2(O)Cl)c2ccccc12. The molecule has 1 aliphatic heterocycles. The van der Waals surface area contributed by atoms with Crippen molar-refractivity contribution in [2.75, 3.05) is 0 Å². The molecule has 2 heterocycles. The molecule has 24 heavy (non-hydrogen) atoms. The Kier molecular flexibility index (Phi) is 4.22. The van der Waals surface area contributed by atoms with Crippen LogP contribution in [-0.4, -0.2) is 64.3 Å². The Balaban J connectivity index is 2.28. The highest BCUT2D eigenvalue weighted by Gasteiger charge is 2.67. The molecule has 1 aliphatic rings. The van der Waals surface area contributed by atoms with E-state index in [9.17, 15) is 30.6 Å². The number of halogens is 2. The molecule has 1 aromatic heterocycles. The molecular weight excluding hydrogens is 365 g/mol.